The van der Waals surface area contributed by atoms with E-state index in [4.69, 9.17) is 16.6 Å². The Morgan fingerprint density at radius 2 is 2.00 bits per heavy atom. The molecule has 1 aliphatic carbocycles. The number of pyridine rings is 1. The van der Waals surface area contributed by atoms with Crippen LogP contribution in [0.5, 0.6) is 0 Å². The van der Waals surface area contributed by atoms with Crippen LogP contribution in [0.2, 0.25) is 5.02 Å². The molecule has 0 saturated carbocycles. The molecule has 0 bridgehead atoms. The molecule has 0 aliphatic heterocycles. The van der Waals surface area contributed by atoms with Crippen LogP contribution in [0, 0.1) is 5.92 Å². The molecule has 3 aromatic heterocycles. The molecule has 2 unspecified atom stereocenters. The molecule has 32 heavy (non-hydrogen) atoms. The molecule has 8 nitrogen and oxygen atoms in total. The highest BCUT2D eigenvalue weighted by Crippen LogP contribution is 2.33. The van der Waals surface area contributed by atoms with Gasteiger partial charge in [-0.3, -0.25) is 18.9 Å². The van der Waals surface area contributed by atoms with Gasteiger partial charge in [-0.25, -0.2) is 9.78 Å². The van der Waals surface area contributed by atoms with Gasteiger partial charge in [0.15, 0.2) is 11.2 Å². The minimum absolute atomic E-state index is 0.0567. The first-order chi connectivity index (χ1) is 15.3. The Morgan fingerprint density at radius 1 is 1.22 bits per heavy atom. The Balaban J connectivity index is 1.98. The summed E-state index contributed by atoms with van der Waals surface area (Å²) in [6.07, 6.45) is 8.20. The van der Waals surface area contributed by atoms with E-state index in [0.717, 1.165) is 5.69 Å². The first kappa shape index (κ1) is 22.2. The van der Waals surface area contributed by atoms with Crippen LogP contribution in [-0.2, 0) is 20.1 Å². The summed E-state index contributed by atoms with van der Waals surface area (Å²) in [7, 11) is 1.62. The molecule has 0 radical (unpaired) electrons. The molecule has 0 saturated heterocycles. The summed E-state index contributed by atoms with van der Waals surface area (Å²) in [6, 6.07) is 3.57. The van der Waals surface area contributed by atoms with Gasteiger partial charge in [-0.15, -0.1) is 0 Å². The summed E-state index contributed by atoms with van der Waals surface area (Å²) in [5.74, 6) is 0.817. The van der Waals surface area contributed by atoms with Crippen LogP contribution < -0.4 is 11.2 Å². The Labute approximate surface area is 190 Å². The van der Waals surface area contributed by atoms with Gasteiger partial charge in [-0.2, -0.15) is 0 Å². The van der Waals surface area contributed by atoms with Gasteiger partial charge in [0.2, 0.25) is 0 Å². The number of halogens is 1. The van der Waals surface area contributed by atoms with Gasteiger partial charge in [-0.1, -0.05) is 42.3 Å². The number of aliphatic hydroxyl groups excluding tert-OH is 1. The number of hydrogen-bond acceptors (Lipinski definition) is 5. The second-order valence-electron chi connectivity index (χ2n) is 8.23. The molecule has 3 heterocycles. The molecule has 168 valence electrons. The number of allylic oxidation sites excluding steroid dienone is 4. The highest BCUT2D eigenvalue weighted by atomic mass is 35.5. The zero-order valence-corrected chi connectivity index (χ0v) is 19.1. The smallest absolute Gasteiger partial charge is 0.332 e. The first-order valence-corrected chi connectivity index (χ1v) is 11.0. The lowest BCUT2D eigenvalue weighted by molar-refractivity contribution is 0.277. The summed E-state index contributed by atoms with van der Waals surface area (Å²) < 4.78 is 4.43. The SMILES string of the molecule is CC1=CC(C)C(c2nc3c(c(=O)n(CCCO)c(=O)n3C)n2Cc2ccc(Cl)cn2)C=C1. The van der Waals surface area contributed by atoms with Crippen LogP contribution in [0.25, 0.3) is 11.2 Å². The van der Waals surface area contributed by atoms with Crippen LogP contribution >= 0.6 is 11.6 Å². The third-order valence-electron chi connectivity index (χ3n) is 5.87. The van der Waals surface area contributed by atoms with E-state index in [2.05, 4.69) is 24.1 Å². The number of imidazole rings is 1. The van der Waals surface area contributed by atoms with Crippen LogP contribution in [-0.4, -0.2) is 35.4 Å². The Morgan fingerprint density at radius 3 is 2.66 bits per heavy atom. The van der Waals surface area contributed by atoms with Crippen molar-refractivity contribution in [3.05, 3.63) is 79.5 Å². The van der Waals surface area contributed by atoms with Gasteiger partial charge < -0.3 is 9.67 Å². The predicted molar refractivity (Wildman–Crippen MR) is 124 cm³/mol. The molecule has 0 fully saturated rings. The van der Waals surface area contributed by atoms with E-state index >= 15 is 0 Å². The summed E-state index contributed by atoms with van der Waals surface area (Å²) >= 11 is 6.00. The highest BCUT2D eigenvalue weighted by Gasteiger charge is 2.28. The summed E-state index contributed by atoms with van der Waals surface area (Å²) in [5.41, 5.74) is 1.74. The molecular formula is C23H26ClN5O3. The fourth-order valence-electron chi connectivity index (χ4n) is 4.22. The number of hydrogen-bond donors (Lipinski definition) is 1. The lowest BCUT2D eigenvalue weighted by Crippen LogP contribution is -2.40. The van der Waals surface area contributed by atoms with Crippen LogP contribution in [0.3, 0.4) is 0 Å². The van der Waals surface area contributed by atoms with E-state index in [1.165, 1.54) is 14.7 Å². The number of aromatic nitrogens is 5. The second kappa shape index (κ2) is 8.88. The third kappa shape index (κ3) is 3.96. The number of rotatable bonds is 6. The number of aryl methyl sites for hydroxylation is 1. The van der Waals surface area contributed by atoms with Crippen molar-refractivity contribution in [1.82, 2.24) is 23.7 Å². The van der Waals surface area contributed by atoms with Crippen molar-refractivity contribution in [2.45, 2.75) is 39.3 Å². The topological polar surface area (TPSA) is 94.9 Å². The Hall–Kier alpha value is -2.97. The molecule has 1 aliphatic rings. The fraction of sp³-hybridized carbons (Fsp3) is 0.391. The average molecular weight is 456 g/mol. The van der Waals surface area contributed by atoms with E-state index in [1.54, 1.807) is 19.3 Å². The molecule has 1 N–H and O–H groups in total. The number of aliphatic hydroxyl groups is 1. The van der Waals surface area contributed by atoms with Crippen molar-refractivity contribution >= 4 is 22.8 Å². The molecule has 2 atom stereocenters. The summed E-state index contributed by atoms with van der Waals surface area (Å²) in [4.78, 5) is 35.5. The first-order valence-electron chi connectivity index (χ1n) is 10.6. The lowest BCUT2D eigenvalue weighted by atomic mass is 9.87. The van der Waals surface area contributed by atoms with Crippen molar-refractivity contribution < 1.29 is 5.11 Å². The zero-order chi connectivity index (χ0) is 23.0. The summed E-state index contributed by atoms with van der Waals surface area (Å²) in [5, 5.41) is 9.74. The van der Waals surface area contributed by atoms with E-state index in [-0.39, 0.29) is 25.0 Å². The monoisotopic (exact) mass is 455 g/mol. The molecule has 4 rings (SSSR count). The van der Waals surface area contributed by atoms with E-state index in [9.17, 15) is 14.7 Å². The summed E-state index contributed by atoms with van der Waals surface area (Å²) in [6.45, 7) is 4.51. The Kier molecular flexibility index (Phi) is 6.17. The highest BCUT2D eigenvalue weighted by molar-refractivity contribution is 6.30. The van der Waals surface area contributed by atoms with Crippen molar-refractivity contribution in [3.63, 3.8) is 0 Å². The lowest BCUT2D eigenvalue weighted by Gasteiger charge is -2.22. The molecule has 0 amide bonds. The van der Waals surface area contributed by atoms with Gasteiger partial charge in [0.1, 0.15) is 5.82 Å². The molecule has 0 aromatic carbocycles. The van der Waals surface area contributed by atoms with E-state index in [0.29, 0.717) is 35.0 Å². The maximum Gasteiger partial charge on any atom is 0.332 e. The van der Waals surface area contributed by atoms with Crippen molar-refractivity contribution in [2.24, 2.45) is 13.0 Å². The van der Waals surface area contributed by atoms with Gasteiger partial charge in [0, 0.05) is 32.3 Å². The Bertz CT molecular complexity index is 1330. The average Bonchev–Trinajstić information content (AvgIpc) is 3.13. The van der Waals surface area contributed by atoms with Gasteiger partial charge in [0.25, 0.3) is 5.56 Å². The van der Waals surface area contributed by atoms with Crippen molar-refractivity contribution in [1.29, 1.82) is 0 Å². The quantitative estimate of drug-likeness (QED) is 0.616. The molecular weight excluding hydrogens is 430 g/mol. The minimum atomic E-state index is -0.445. The predicted octanol–water partition coefficient (Wildman–Crippen LogP) is 2.61. The minimum Gasteiger partial charge on any atom is -0.396 e. The maximum atomic E-state index is 13.4. The van der Waals surface area contributed by atoms with Crippen LogP contribution in [0.15, 0.2) is 51.7 Å². The van der Waals surface area contributed by atoms with Crippen molar-refractivity contribution in [3.8, 4) is 0 Å². The van der Waals surface area contributed by atoms with Gasteiger partial charge in [0.05, 0.1) is 17.3 Å². The van der Waals surface area contributed by atoms with Crippen molar-refractivity contribution in [2.75, 3.05) is 6.61 Å². The number of nitrogens with zero attached hydrogens (tertiary/aromatic N) is 5. The molecule has 0 spiro atoms. The largest absolute Gasteiger partial charge is 0.396 e. The van der Waals surface area contributed by atoms with E-state index < -0.39 is 11.2 Å². The van der Waals surface area contributed by atoms with Gasteiger partial charge in [-0.05, 0) is 31.4 Å². The molecule has 9 heteroatoms. The zero-order valence-electron chi connectivity index (χ0n) is 18.3. The fourth-order valence-corrected chi connectivity index (χ4v) is 4.33. The van der Waals surface area contributed by atoms with Gasteiger partial charge >= 0.3 is 5.69 Å². The van der Waals surface area contributed by atoms with Crippen LogP contribution in [0.4, 0.5) is 0 Å². The maximum absolute atomic E-state index is 13.4. The number of fused-ring (bicyclic) bond motifs is 1. The van der Waals surface area contributed by atoms with Crippen LogP contribution in [0.1, 0.15) is 37.7 Å². The second-order valence-corrected chi connectivity index (χ2v) is 8.66. The normalized spacial score (nSPS) is 18.3. The standard InChI is InChI=1S/C23H26ClN5O3/c1-14-5-8-18(15(2)11-14)20-26-21-19(29(20)13-17-7-6-16(24)12-25-17)22(31)28(9-4-10-30)23(32)27(21)3/h5-8,11-12,15,18,30H,4,9-10,13H2,1-3H3. The van der Waals surface area contributed by atoms with E-state index in [1.807, 2.05) is 23.6 Å². The third-order valence-corrected chi connectivity index (χ3v) is 6.09. The molecule has 3 aromatic rings.